The van der Waals surface area contributed by atoms with Gasteiger partial charge in [-0.25, -0.2) is 0 Å². The summed E-state index contributed by atoms with van der Waals surface area (Å²) in [6.07, 6.45) is 1.65. The molecule has 0 atom stereocenters. The number of nitroso groups, excluding NO2 is 1. The Labute approximate surface area is 40.3 Å². The first-order chi connectivity index (χ1) is 3.43. The van der Waals surface area contributed by atoms with Gasteiger partial charge in [0.05, 0.1) is 0 Å². The maximum absolute atomic E-state index is 9.59. The SMILES string of the molecule is O=Nc1ccc[nH]1. The lowest BCUT2D eigenvalue weighted by atomic mass is 10.6. The van der Waals surface area contributed by atoms with Gasteiger partial charge in [-0.2, -0.15) is 0 Å². The lowest BCUT2D eigenvalue weighted by molar-refractivity contribution is 1.33. The largest absolute Gasteiger partial charge is 0.344 e. The average Bonchev–Trinajstić information content (AvgIpc) is 2.14. The van der Waals surface area contributed by atoms with Gasteiger partial charge in [0.1, 0.15) is 0 Å². The molecule has 36 valence electrons. The highest BCUT2D eigenvalue weighted by Gasteiger charge is 1.82. The van der Waals surface area contributed by atoms with Crippen molar-refractivity contribution in [2.45, 2.75) is 0 Å². The van der Waals surface area contributed by atoms with Gasteiger partial charge in [0, 0.05) is 6.20 Å². The smallest absolute Gasteiger partial charge is 0.174 e. The van der Waals surface area contributed by atoms with Crippen LogP contribution in [-0.2, 0) is 0 Å². The molecule has 0 spiro atoms. The lowest BCUT2D eigenvalue weighted by Crippen LogP contribution is -1.51. The van der Waals surface area contributed by atoms with Crippen molar-refractivity contribution in [1.82, 2.24) is 4.98 Å². The number of hydrogen-bond acceptors (Lipinski definition) is 2. The van der Waals surface area contributed by atoms with Crippen LogP contribution < -0.4 is 0 Å². The molecule has 0 amide bonds. The molecular weight excluding hydrogens is 92.1 g/mol. The predicted octanol–water partition coefficient (Wildman–Crippen LogP) is 1.41. The monoisotopic (exact) mass is 96.0 g/mol. The van der Waals surface area contributed by atoms with Gasteiger partial charge in [-0.05, 0) is 17.3 Å². The Morgan fingerprint density at radius 1 is 1.71 bits per heavy atom. The molecule has 0 aliphatic rings. The third-order valence-corrected chi connectivity index (χ3v) is 0.680. The molecule has 1 aromatic rings. The fraction of sp³-hybridized carbons (Fsp3) is 0. The first-order valence-corrected chi connectivity index (χ1v) is 1.90. The van der Waals surface area contributed by atoms with Gasteiger partial charge in [0.15, 0.2) is 5.82 Å². The van der Waals surface area contributed by atoms with Crippen LogP contribution in [0.15, 0.2) is 23.5 Å². The fourth-order valence-electron chi connectivity index (χ4n) is 0.378. The Bertz CT molecular complexity index is 145. The van der Waals surface area contributed by atoms with Gasteiger partial charge in [-0.3, -0.25) is 0 Å². The van der Waals surface area contributed by atoms with Crippen LogP contribution in [0, 0.1) is 4.91 Å². The molecule has 1 rings (SSSR count). The molecule has 0 radical (unpaired) electrons. The highest BCUT2D eigenvalue weighted by molar-refractivity contribution is 5.25. The molecule has 3 nitrogen and oxygen atoms in total. The second-order valence-corrected chi connectivity index (χ2v) is 1.15. The van der Waals surface area contributed by atoms with E-state index in [0.29, 0.717) is 5.82 Å². The molecule has 0 aliphatic heterocycles. The Hall–Kier alpha value is -1.12. The number of hydrogen-bond donors (Lipinski definition) is 1. The molecule has 1 aromatic heterocycles. The third kappa shape index (κ3) is 0.652. The van der Waals surface area contributed by atoms with Gasteiger partial charge < -0.3 is 4.98 Å². The summed E-state index contributed by atoms with van der Waals surface area (Å²) in [6.45, 7) is 0. The molecular formula is C4H4N2O. The van der Waals surface area contributed by atoms with Crippen LogP contribution >= 0.6 is 0 Å². The van der Waals surface area contributed by atoms with E-state index < -0.39 is 0 Å². The van der Waals surface area contributed by atoms with Crippen molar-refractivity contribution in [2.75, 3.05) is 0 Å². The summed E-state index contributed by atoms with van der Waals surface area (Å²) < 4.78 is 0. The Morgan fingerprint density at radius 2 is 2.57 bits per heavy atom. The first-order valence-electron chi connectivity index (χ1n) is 1.90. The van der Waals surface area contributed by atoms with E-state index in [1.54, 1.807) is 18.3 Å². The molecule has 0 saturated heterocycles. The number of rotatable bonds is 1. The highest BCUT2D eigenvalue weighted by Crippen LogP contribution is 2.02. The summed E-state index contributed by atoms with van der Waals surface area (Å²) in [4.78, 5) is 12.2. The zero-order valence-corrected chi connectivity index (χ0v) is 3.59. The molecule has 0 aliphatic carbocycles. The maximum Gasteiger partial charge on any atom is 0.174 e. The molecule has 0 aromatic carbocycles. The predicted molar refractivity (Wildman–Crippen MR) is 26.2 cm³/mol. The summed E-state index contributed by atoms with van der Waals surface area (Å²) in [7, 11) is 0. The molecule has 1 heterocycles. The van der Waals surface area contributed by atoms with Crippen LogP contribution in [0.1, 0.15) is 0 Å². The highest BCUT2D eigenvalue weighted by atomic mass is 16.3. The first kappa shape index (κ1) is 4.05. The Morgan fingerprint density at radius 3 is 2.86 bits per heavy atom. The van der Waals surface area contributed by atoms with E-state index in [1.807, 2.05) is 0 Å². The van der Waals surface area contributed by atoms with E-state index in [4.69, 9.17) is 0 Å². The summed E-state index contributed by atoms with van der Waals surface area (Å²) in [5.41, 5.74) is 0. The van der Waals surface area contributed by atoms with Gasteiger partial charge in [0.2, 0.25) is 0 Å². The van der Waals surface area contributed by atoms with E-state index in [2.05, 4.69) is 10.2 Å². The minimum atomic E-state index is 0.375. The molecule has 0 fully saturated rings. The van der Waals surface area contributed by atoms with E-state index in [1.165, 1.54) is 0 Å². The van der Waals surface area contributed by atoms with Crippen molar-refractivity contribution in [3.05, 3.63) is 23.2 Å². The maximum atomic E-state index is 9.59. The van der Waals surface area contributed by atoms with E-state index >= 15 is 0 Å². The van der Waals surface area contributed by atoms with Crippen LogP contribution in [0.5, 0.6) is 0 Å². The van der Waals surface area contributed by atoms with Crippen LogP contribution in [0.4, 0.5) is 5.82 Å². The van der Waals surface area contributed by atoms with E-state index in [0.717, 1.165) is 0 Å². The second-order valence-electron chi connectivity index (χ2n) is 1.15. The van der Waals surface area contributed by atoms with Gasteiger partial charge in [0.25, 0.3) is 0 Å². The number of H-pyrrole nitrogens is 1. The van der Waals surface area contributed by atoms with Crippen molar-refractivity contribution in [3.63, 3.8) is 0 Å². The van der Waals surface area contributed by atoms with Gasteiger partial charge >= 0.3 is 0 Å². The standard InChI is InChI=1S/C4H4N2O/c7-6-4-2-1-3-5-4/h1-3,5H. The second kappa shape index (κ2) is 1.55. The molecule has 0 saturated carbocycles. The van der Waals surface area contributed by atoms with Crippen molar-refractivity contribution < 1.29 is 0 Å². The van der Waals surface area contributed by atoms with Crippen LogP contribution in [0.3, 0.4) is 0 Å². The van der Waals surface area contributed by atoms with E-state index in [9.17, 15) is 4.91 Å². The van der Waals surface area contributed by atoms with Crippen molar-refractivity contribution in [1.29, 1.82) is 0 Å². The van der Waals surface area contributed by atoms with Gasteiger partial charge in [-0.1, -0.05) is 0 Å². The minimum Gasteiger partial charge on any atom is -0.344 e. The minimum absolute atomic E-state index is 0.375. The van der Waals surface area contributed by atoms with E-state index in [-0.39, 0.29) is 0 Å². The average molecular weight is 96.1 g/mol. The molecule has 0 unspecified atom stereocenters. The zero-order valence-electron chi connectivity index (χ0n) is 3.59. The quantitative estimate of drug-likeness (QED) is 0.528. The Kier molecular flexibility index (Phi) is 0.898. The molecule has 3 heteroatoms. The number of aromatic nitrogens is 1. The van der Waals surface area contributed by atoms with Gasteiger partial charge in [-0.15, -0.1) is 4.91 Å². The normalized spacial score (nSPS) is 8.57. The summed E-state index contributed by atoms with van der Waals surface area (Å²) >= 11 is 0. The zero-order chi connectivity index (χ0) is 5.11. The van der Waals surface area contributed by atoms with Crippen LogP contribution in [-0.4, -0.2) is 4.98 Å². The lowest BCUT2D eigenvalue weighted by Gasteiger charge is -1.68. The number of aromatic amines is 1. The molecule has 0 bridgehead atoms. The van der Waals surface area contributed by atoms with Crippen LogP contribution in [0.2, 0.25) is 0 Å². The van der Waals surface area contributed by atoms with Crippen LogP contribution in [0.25, 0.3) is 0 Å². The number of nitrogens with one attached hydrogen (secondary N) is 1. The van der Waals surface area contributed by atoms with Crippen molar-refractivity contribution >= 4 is 5.82 Å². The summed E-state index contributed by atoms with van der Waals surface area (Å²) in [6, 6.07) is 3.32. The third-order valence-electron chi connectivity index (χ3n) is 0.680. The topological polar surface area (TPSA) is 45.2 Å². The summed E-state index contributed by atoms with van der Waals surface area (Å²) in [5, 5.41) is 2.62. The molecule has 1 N–H and O–H groups in total. The van der Waals surface area contributed by atoms with Crippen molar-refractivity contribution in [3.8, 4) is 0 Å². The molecule has 7 heavy (non-hydrogen) atoms. The summed E-state index contributed by atoms with van der Waals surface area (Å²) in [5.74, 6) is 0.375. The fourth-order valence-corrected chi connectivity index (χ4v) is 0.378. The number of nitrogens with zero attached hydrogens (tertiary/aromatic N) is 1. The Balaban J connectivity index is 2.96. The van der Waals surface area contributed by atoms with Crippen molar-refractivity contribution in [2.24, 2.45) is 5.18 Å².